The number of nitrogens with one attached hydrogen (secondary N) is 2. The zero-order chi connectivity index (χ0) is 22.6. The Morgan fingerprint density at radius 1 is 1.06 bits per heavy atom. The van der Waals surface area contributed by atoms with Crippen LogP contribution in [0.2, 0.25) is 5.02 Å². The third kappa shape index (κ3) is 3.43. The summed E-state index contributed by atoms with van der Waals surface area (Å²) in [6, 6.07) is 15.3. The summed E-state index contributed by atoms with van der Waals surface area (Å²) >= 11 is 6.22. The van der Waals surface area contributed by atoms with Gasteiger partial charge in [0, 0.05) is 11.6 Å². The van der Waals surface area contributed by atoms with E-state index >= 15 is 0 Å². The molecule has 6 rings (SSSR count). The lowest BCUT2D eigenvalue weighted by Gasteiger charge is -2.20. The highest BCUT2D eigenvalue weighted by molar-refractivity contribution is 6.30. The lowest BCUT2D eigenvalue weighted by Crippen LogP contribution is -2.34. The molecule has 33 heavy (non-hydrogen) atoms. The minimum Gasteiger partial charge on any atom is -0.334 e. The van der Waals surface area contributed by atoms with Gasteiger partial charge >= 0.3 is 0 Å². The Labute approximate surface area is 194 Å². The number of fused-ring (bicyclic) bond motifs is 2. The minimum absolute atomic E-state index is 0.174. The Bertz CT molecular complexity index is 1420. The van der Waals surface area contributed by atoms with E-state index in [1.165, 1.54) is 0 Å². The number of carbonyl (C=O) groups is 1. The van der Waals surface area contributed by atoms with Gasteiger partial charge in [0.1, 0.15) is 5.82 Å². The third-order valence-corrected chi connectivity index (χ3v) is 6.99. The molecule has 2 aliphatic rings. The Morgan fingerprint density at radius 3 is 2.70 bits per heavy atom. The first kappa shape index (κ1) is 20.2. The van der Waals surface area contributed by atoms with Crippen LogP contribution in [0.1, 0.15) is 52.5 Å². The van der Waals surface area contributed by atoms with Crippen LogP contribution in [0.4, 0.5) is 0 Å². The monoisotopic (exact) mass is 459 g/mol. The van der Waals surface area contributed by atoms with Gasteiger partial charge in [-0.2, -0.15) is 0 Å². The molecule has 0 saturated heterocycles. The number of nitrogens with zero attached hydrogens (tertiary/aromatic N) is 3. The van der Waals surface area contributed by atoms with Gasteiger partial charge in [-0.3, -0.25) is 9.59 Å². The minimum atomic E-state index is -0.283. The smallest absolute Gasteiger partial charge is 0.289 e. The van der Waals surface area contributed by atoms with Gasteiger partial charge in [0.05, 0.1) is 34.3 Å². The molecule has 0 bridgehead atoms. The highest BCUT2D eigenvalue weighted by Gasteiger charge is 2.48. The predicted octanol–water partition coefficient (Wildman–Crippen LogP) is 3.97. The van der Waals surface area contributed by atoms with Gasteiger partial charge < -0.3 is 14.9 Å². The highest BCUT2D eigenvalue weighted by atomic mass is 35.5. The van der Waals surface area contributed by atoms with E-state index in [9.17, 15) is 9.59 Å². The molecular formula is C25H22ClN5O2. The molecule has 2 aromatic heterocycles. The first-order valence-electron chi connectivity index (χ1n) is 11.2. The number of aromatic nitrogens is 4. The van der Waals surface area contributed by atoms with E-state index in [1.807, 2.05) is 48.5 Å². The summed E-state index contributed by atoms with van der Waals surface area (Å²) in [5.41, 5.74) is 3.52. The van der Waals surface area contributed by atoms with Gasteiger partial charge in [0.25, 0.3) is 11.5 Å². The van der Waals surface area contributed by atoms with Crippen LogP contribution >= 0.6 is 11.6 Å². The molecule has 0 atom stereocenters. The van der Waals surface area contributed by atoms with Crippen LogP contribution in [0, 0.1) is 0 Å². The van der Waals surface area contributed by atoms with Crippen LogP contribution in [-0.4, -0.2) is 37.3 Å². The second-order valence-corrected chi connectivity index (χ2v) is 9.30. The van der Waals surface area contributed by atoms with Crippen molar-refractivity contribution in [3.8, 4) is 0 Å². The molecule has 0 unspecified atom stereocenters. The summed E-state index contributed by atoms with van der Waals surface area (Å²) in [5.74, 6) is 0.782. The van der Waals surface area contributed by atoms with Crippen molar-refractivity contribution in [2.75, 3.05) is 6.54 Å². The van der Waals surface area contributed by atoms with Crippen LogP contribution in [0.5, 0.6) is 0 Å². The van der Waals surface area contributed by atoms with E-state index in [2.05, 4.69) is 15.0 Å². The van der Waals surface area contributed by atoms with E-state index in [0.29, 0.717) is 35.2 Å². The Kier molecular flexibility index (Phi) is 4.62. The molecule has 8 heteroatoms. The quantitative estimate of drug-likeness (QED) is 0.484. The van der Waals surface area contributed by atoms with Crippen molar-refractivity contribution < 1.29 is 4.79 Å². The number of rotatable bonds is 3. The molecule has 0 radical (unpaired) electrons. The van der Waals surface area contributed by atoms with Crippen LogP contribution in [0.15, 0.2) is 53.3 Å². The van der Waals surface area contributed by atoms with Crippen LogP contribution in [0.3, 0.4) is 0 Å². The van der Waals surface area contributed by atoms with Crippen molar-refractivity contribution in [1.29, 1.82) is 0 Å². The number of benzene rings is 2. The fourth-order valence-electron chi connectivity index (χ4n) is 4.80. The summed E-state index contributed by atoms with van der Waals surface area (Å²) in [7, 11) is 0. The molecule has 7 nitrogen and oxygen atoms in total. The van der Waals surface area contributed by atoms with Crippen molar-refractivity contribution in [2.24, 2.45) is 0 Å². The third-order valence-electron chi connectivity index (χ3n) is 6.75. The molecule has 1 fully saturated rings. The first-order valence-corrected chi connectivity index (χ1v) is 11.5. The highest BCUT2D eigenvalue weighted by Crippen LogP contribution is 2.52. The summed E-state index contributed by atoms with van der Waals surface area (Å²) < 4.78 is 0. The number of H-pyrrole nitrogens is 2. The first-order chi connectivity index (χ1) is 16.0. The molecule has 2 aromatic carbocycles. The molecular weight excluding hydrogens is 438 g/mol. The maximum absolute atomic E-state index is 13.2. The Balaban J connectivity index is 1.32. The zero-order valence-corrected chi connectivity index (χ0v) is 18.7. The number of hydrogen-bond donors (Lipinski definition) is 2. The van der Waals surface area contributed by atoms with Gasteiger partial charge in [-0.25, -0.2) is 9.97 Å². The summed E-state index contributed by atoms with van der Waals surface area (Å²) in [6.45, 7) is 0.762. The summed E-state index contributed by atoms with van der Waals surface area (Å²) in [5, 5.41) is 0.677. The second kappa shape index (κ2) is 7.56. The number of aryl methyl sites for hydroxylation is 1. The van der Waals surface area contributed by atoms with E-state index in [4.69, 9.17) is 16.6 Å². The number of halogens is 1. The average molecular weight is 460 g/mol. The normalized spacial score (nSPS) is 16.9. The summed E-state index contributed by atoms with van der Waals surface area (Å²) in [4.78, 5) is 43.5. The molecule has 0 spiro atoms. The predicted molar refractivity (Wildman–Crippen MR) is 125 cm³/mol. The van der Waals surface area contributed by atoms with Crippen LogP contribution < -0.4 is 5.56 Å². The number of hydrogen-bond acceptors (Lipinski definition) is 4. The molecule has 166 valence electrons. The number of para-hydroxylation sites is 2. The van der Waals surface area contributed by atoms with Gasteiger partial charge in [0.2, 0.25) is 0 Å². The summed E-state index contributed by atoms with van der Waals surface area (Å²) in [6.07, 6.45) is 3.23. The van der Waals surface area contributed by atoms with E-state index in [-0.39, 0.29) is 23.4 Å². The second-order valence-electron chi connectivity index (χ2n) is 8.87. The Hall–Kier alpha value is -3.45. The standard InChI is InChI=1S/C25H22ClN5O2/c26-16-6-3-5-15(13-16)25(10-11-25)24-29-18-9-4-12-31(14-17(18)22(32)30-24)23(33)21-27-19-7-1-2-8-20(19)28-21/h1-3,5-8,13H,4,9-12,14H2,(H,27,28)(H,29,30,32). The largest absolute Gasteiger partial charge is 0.334 e. The average Bonchev–Trinajstić information content (AvgIpc) is 3.56. The SMILES string of the molecule is O=C(c1nc2ccccc2[nH]1)N1CCCc2nc(C3(c4cccc(Cl)c4)CC3)[nH]c(=O)c2C1. The Morgan fingerprint density at radius 2 is 1.91 bits per heavy atom. The van der Waals surface area contributed by atoms with Crippen LogP contribution in [-0.2, 0) is 18.4 Å². The molecule has 3 heterocycles. The lowest BCUT2D eigenvalue weighted by atomic mass is 9.94. The lowest BCUT2D eigenvalue weighted by molar-refractivity contribution is 0.0734. The van der Waals surface area contributed by atoms with E-state index in [0.717, 1.165) is 41.6 Å². The number of carbonyl (C=O) groups excluding carboxylic acids is 1. The van der Waals surface area contributed by atoms with Crippen LogP contribution in [0.25, 0.3) is 11.0 Å². The molecule has 1 aliphatic carbocycles. The van der Waals surface area contributed by atoms with Crippen molar-refractivity contribution in [1.82, 2.24) is 24.8 Å². The van der Waals surface area contributed by atoms with E-state index < -0.39 is 0 Å². The zero-order valence-electron chi connectivity index (χ0n) is 17.9. The van der Waals surface area contributed by atoms with Crippen molar-refractivity contribution in [3.63, 3.8) is 0 Å². The number of imidazole rings is 1. The van der Waals surface area contributed by atoms with Gasteiger partial charge in [-0.05, 0) is 55.5 Å². The maximum atomic E-state index is 13.2. The fraction of sp³-hybridized carbons (Fsp3) is 0.280. The van der Waals surface area contributed by atoms with Gasteiger partial charge in [-0.15, -0.1) is 0 Å². The molecule has 1 aliphatic heterocycles. The van der Waals surface area contributed by atoms with Crippen molar-refractivity contribution in [3.05, 3.63) is 92.4 Å². The molecule has 2 N–H and O–H groups in total. The van der Waals surface area contributed by atoms with E-state index in [1.54, 1.807) is 4.90 Å². The fourth-order valence-corrected chi connectivity index (χ4v) is 4.99. The molecule has 1 amide bonds. The number of aromatic amines is 2. The number of amides is 1. The molecule has 1 saturated carbocycles. The van der Waals surface area contributed by atoms with Crippen molar-refractivity contribution >= 4 is 28.5 Å². The molecule has 4 aromatic rings. The maximum Gasteiger partial charge on any atom is 0.289 e. The van der Waals surface area contributed by atoms with Gasteiger partial charge in [0.15, 0.2) is 5.82 Å². The van der Waals surface area contributed by atoms with Gasteiger partial charge in [-0.1, -0.05) is 35.9 Å². The topological polar surface area (TPSA) is 94.7 Å². The van der Waals surface area contributed by atoms with Crippen molar-refractivity contribution in [2.45, 2.75) is 37.6 Å².